The third-order valence-electron chi connectivity index (χ3n) is 3.01. The van der Waals surface area contributed by atoms with Crippen LogP contribution in [0.3, 0.4) is 0 Å². The minimum absolute atomic E-state index is 0.332. The van der Waals surface area contributed by atoms with E-state index < -0.39 is 9.84 Å². The van der Waals surface area contributed by atoms with E-state index in [1.807, 2.05) is 41.1 Å². The normalized spacial score (nSPS) is 11.8. The molecule has 96 valence electrons. The Kier molecular flexibility index (Phi) is 2.64. The predicted molar refractivity (Wildman–Crippen MR) is 73.7 cm³/mol. The molecule has 3 aromatic rings. The average Bonchev–Trinajstić information content (AvgIpc) is 2.85. The molecular formula is C14H12N2O2S. The first kappa shape index (κ1) is 11.9. The summed E-state index contributed by atoms with van der Waals surface area (Å²) >= 11 is 0. The Labute approximate surface area is 111 Å². The van der Waals surface area contributed by atoms with Crippen molar-refractivity contribution in [1.29, 1.82) is 0 Å². The van der Waals surface area contributed by atoms with E-state index in [4.69, 9.17) is 0 Å². The van der Waals surface area contributed by atoms with Gasteiger partial charge in [-0.05, 0) is 35.4 Å². The van der Waals surface area contributed by atoms with Crippen LogP contribution in [-0.2, 0) is 9.84 Å². The van der Waals surface area contributed by atoms with Crippen LogP contribution in [0.25, 0.3) is 16.8 Å². The average molecular weight is 272 g/mol. The monoisotopic (exact) mass is 272 g/mol. The molecule has 0 saturated heterocycles. The summed E-state index contributed by atoms with van der Waals surface area (Å²) in [6.07, 6.45) is 6.76. The number of hydrogen-bond acceptors (Lipinski definition) is 3. The van der Waals surface area contributed by atoms with E-state index in [9.17, 15) is 8.42 Å². The van der Waals surface area contributed by atoms with E-state index in [1.54, 1.807) is 18.3 Å². The fourth-order valence-electron chi connectivity index (χ4n) is 1.98. The molecule has 0 radical (unpaired) electrons. The zero-order valence-corrected chi connectivity index (χ0v) is 11.1. The Bertz CT molecular complexity index is 833. The lowest BCUT2D eigenvalue weighted by atomic mass is 10.1. The smallest absolute Gasteiger partial charge is 0.175 e. The second kappa shape index (κ2) is 4.20. The molecule has 0 saturated carbocycles. The van der Waals surface area contributed by atoms with Gasteiger partial charge in [-0.3, -0.25) is 0 Å². The highest BCUT2D eigenvalue weighted by Crippen LogP contribution is 2.22. The Hall–Kier alpha value is -2.14. The van der Waals surface area contributed by atoms with E-state index in [0.29, 0.717) is 4.90 Å². The largest absolute Gasteiger partial charge is 0.307 e. The van der Waals surface area contributed by atoms with Gasteiger partial charge in [0, 0.05) is 24.8 Å². The van der Waals surface area contributed by atoms with Crippen molar-refractivity contribution >= 4 is 15.5 Å². The predicted octanol–water partition coefficient (Wildman–Crippen LogP) is 2.40. The molecular weight excluding hydrogens is 260 g/mol. The number of fused-ring (bicyclic) bond motifs is 1. The minimum Gasteiger partial charge on any atom is -0.307 e. The number of pyridine rings is 1. The van der Waals surface area contributed by atoms with Gasteiger partial charge in [0.05, 0.1) is 4.90 Å². The van der Waals surface area contributed by atoms with Crippen LogP contribution < -0.4 is 0 Å². The van der Waals surface area contributed by atoms with Crippen LogP contribution in [0.5, 0.6) is 0 Å². The SMILES string of the molecule is CS(=O)(=O)c1ccc(-c2ccn3ccnc3c2)cc1. The van der Waals surface area contributed by atoms with Crippen molar-refractivity contribution in [2.24, 2.45) is 0 Å². The van der Waals surface area contributed by atoms with E-state index in [-0.39, 0.29) is 0 Å². The summed E-state index contributed by atoms with van der Waals surface area (Å²) in [5.74, 6) is 0. The van der Waals surface area contributed by atoms with Crippen molar-refractivity contribution < 1.29 is 8.42 Å². The summed E-state index contributed by atoms with van der Waals surface area (Å²) in [5, 5.41) is 0. The Morgan fingerprint density at radius 2 is 1.74 bits per heavy atom. The van der Waals surface area contributed by atoms with Gasteiger partial charge >= 0.3 is 0 Å². The zero-order valence-electron chi connectivity index (χ0n) is 10.3. The number of rotatable bonds is 2. The molecule has 4 nitrogen and oxygen atoms in total. The van der Waals surface area contributed by atoms with Crippen LogP contribution in [-0.4, -0.2) is 24.1 Å². The Balaban J connectivity index is 2.06. The molecule has 0 amide bonds. The van der Waals surface area contributed by atoms with Crippen molar-refractivity contribution in [2.75, 3.05) is 6.26 Å². The molecule has 0 bridgehead atoms. The number of benzene rings is 1. The van der Waals surface area contributed by atoms with Gasteiger partial charge in [-0.2, -0.15) is 0 Å². The molecule has 2 heterocycles. The van der Waals surface area contributed by atoms with Gasteiger partial charge in [-0.1, -0.05) is 12.1 Å². The van der Waals surface area contributed by atoms with Gasteiger partial charge in [0.15, 0.2) is 9.84 Å². The number of hydrogen-bond donors (Lipinski definition) is 0. The topological polar surface area (TPSA) is 51.4 Å². The van der Waals surface area contributed by atoms with Crippen LogP contribution in [0.15, 0.2) is 59.9 Å². The molecule has 0 aliphatic carbocycles. The molecule has 5 heteroatoms. The highest BCUT2D eigenvalue weighted by Gasteiger charge is 2.07. The first-order valence-electron chi connectivity index (χ1n) is 5.77. The van der Waals surface area contributed by atoms with Crippen LogP contribution in [0, 0.1) is 0 Å². The maximum atomic E-state index is 11.4. The lowest BCUT2D eigenvalue weighted by Crippen LogP contribution is -1.96. The molecule has 2 aromatic heterocycles. The fourth-order valence-corrected chi connectivity index (χ4v) is 2.61. The fraction of sp³-hybridized carbons (Fsp3) is 0.0714. The van der Waals surface area contributed by atoms with Crippen molar-refractivity contribution in [3.05, 3.63) is 55.0 Å². The van der Waals surface area contributed by atoms with Crippen LogP contribution >= 0.6 is 0 Å². The first-order chi connectivity index (χ1) is 9.04. The van der Waals surface area contributed by atoms with Gasteiger partial charge in [-0.25, -0.2) is 13.4 Å². The van der Waals surface area contributed by atoms with Gasteiger partial charge in [0.25, 0.3) is 0 Å². The van der Waals surface area contributed by atoms with Gasteiger partial charge in [0.2, 0.25) is 0 Å². The lowest BCUT2D eigenvalue weighted by Gasteiger charge is -2.04. The van der Waals surface area contributed by atoms with E-state index >= 15 is 0 Å². The standard InChI is InChI=1S/C14H12N2O2S/c1-19(17,18)13-4-2-11(3-5-13)12-6-8-16-9-7-15-14(16)10-12/h2-10H,1H3. The molecule has 0 aliphatic rings. The Morgan fingerprint density at radius 1 is 1.00 bits per heavy atom. The number of aromatic nitrogens is 2. The second-order valence-corrected chi connectivity index (χ2v) is 6.42. The quantitative estimate of drug-likeness (QED) is 0.720. The molecule has 0 N–H and O–H groups in total. The van der Waals surface area contributed by atoms with E-state index in [2.05, 4.69) is 4.98 Å². The van der Waals surface area contributed by atoms with E-state index in [1.165, 1.54) is 6.26 Å². The Morgan fingerprint density at radius 3 is 2.42 bits per heavy atom. The lowest BCUT2D eigenvalue weighted by molar-refractivity contribution is 0.602. The molecule has 0 aliphatic heterocycles. The second-order valence-electron chi connectivity index (χ2n) is 4.40. The highest BCUT2D eigenvalue weighted by molar-refractivity contribution is 7.90. The maximum absolute atomic E-state index is 11.4. The third kappa shape index (κ3) is 2.24. The number of nitrogens with zero attached hydrogens (tertiary/aromatic N) is 2. The van der Waals surface area contributed by atoms with Crippen LogP contribution in [0.1, 0.15) is 0 Å². The number of imidazole rings is 1. The summed E-state index contributed by atoms with van der Waals surface area (Å²) in [6.45, 7) is 0. The van der Waals surface area contributed by atoms with Gasteiger partial charge < -0.3 is 4.40 Å². The minimum atomic E-state index is -3.14. The molecule has 0 fully saturated rings. The molecule has 0 unspecified atom stereocenters. The van der Waals surface area contributed by atoms with Crippen molar-refractivity contribution in [3.63, 3.8) is 0 Å². The van der Waals surface area contributed by atoms with Gasteiger partial charge in [-0.15, -0.1) is 0 Å². The zero-order chi connectivity index (χ0) is 13.5. The van der Waals surface area contributed by atoms with Crippen molar-refractivity contribution in [2.45, 2.75) is 4.90 Å². The molecule has 0 atom stereocenters. The van der Waals surface area contributed by atoms with Crippen molar-refractivity contribution in [3.8, 4) is 11.1 Å². The van der Waals surface area contributed by atoms with Crippen molar-refractivity contribution in [1.82, 2.24) is 9.38 Å². The summed E-state index contributed by atoms with van der Waals surface area (Å²) in [7, 11) is -3.14. The highest BCUT2D eigenvalue weighted by atomic mass is 32.2. The summed E-state index contributed by atoms with van der Waals surface area (Å²) in [6, 6.07) is 10.8. The summed E-state index contributed by atoms with van der Waals surface area (Å²) < 4.78 is 24.7. The third-order valence-corrected chi connectivity index (χ3v) is 4.14. The summed E-state index contributed by atoms with van der Waals surface area (Å²) in [5.41, 5.74) is 2.85. The molecule has 0 spiro atoms. The molecule has 1 aromatic carbocycles. The maximum Gasteiger partial charge on any atom is 0.175 e. The first-order valence-corrected chi connectivity index (χ1v) is 7.66. The number of sulfone groups is 1. The van der Waals surface area contributed by atoms with Crippen LogP contribution in [0.2, 0.25) is 0 Å². The molecule has 3 rings (SSSR count). The summed E-state index contributed by atoms with van der Waals surface area (Å²) in [4.78, 5) is 4.56. The molecule has 19 heavy (non-hydrogen) atoms. The van der Waals surface area contributed by atoms with Crippen LogP contribution in [0.4, 0.5) is 0 Å². The van der Waals surface area contributed by atoms with E-state index in [0.717, 1.165) is 16.8 Å². The van der Waals surface area contributed by atoms with Gasteiger partial charge in [0.1, 0.15) is 5.65 Å².